The van der Waals surface area contributed by atoms with E-state index in [0.717, 1.165) is 15.7 Å². The number of fused-ring (bicyclic) bond motifs is 1. The molecule has 0 amide bonds. The Morgan fingerprint density at radius 3 is 2.52 bits per heavy atom. The van der Waals surface area contributed by atoms with Gasteiger partial charge < -0.3 is 4.74 Å². The van der Waals surface area contributed by atoms with Crippen LogP contribution in [-0.2, 0) is 0 Å². The SMILES string of the molecule is COc1ccc(Sc2ccc3nnc(-c4ccccc4F)n3n2)cc1. The van der Waals surface area contributed by atoms with Crippen LogP contribution in [0.15, 0.2) is 70.6 Å². The fourth-order valence-electron chi connectivity index (χ4n) is 2.40. The van der Waals surface area contributed by atoms with Crippen molar-refractivity contribution in [2.75, 3.05) is 7.11 Å². The van der Waals surface area contributed by atoms with Crippen molar-refractivity contribution in [3.8, 4) is 17.1 Å². The number of ether oxygens (including phenoxy) is 1. The fourth-order valence-corrected chi connectivity index (χ4v) is 3.17. The highest BCUT2D eigenvalue weighted by Crippen LogP contribution is 2.28. The molecule has 2 aromatic heterocycles. The minimum atomic E-state index is -0.355. The summed E-state index contributed by atoms with van der Waals surface area (Å²) in [5.74, 6) is 0.825. The first-order valence-corrected chi connectivity index (χ1v) is 8.35. The molecule has 0 N–H and O–H groups in total. The third kappa shape index (κ3) is 3.06. The molecule has 4 rings (SSSR count). The van der Waals surface area contributed by atoms with E-state index in [4.69, 9.17) is 4.74 Å². The lowest BCUT2D eigenvalue weighted by molar-refractivity contribution is 0.414. The number of aromatic nitrogens is 4. The van der Waals surface area contributed by atoms with Gasteiger partial charge in [-0.3, -0.25) is 0 Å². The number of hydrogen-bond acceptors (Lipinski definition) is 5. The average molecular weight is 352 g/mol. The molecule has 0 saturated carbocycles. The lowest BCUT2D eigenvalue weighted by atomic mass is 10.2. The molecule has 124 valence electrons. The summed E-state index contributed by atoms with van der Waals surface area (Å²) in [7, 11) is 1.63. The molecule has 0 aliphatic heterocycles. The maximum absolute atomic E-state index is 14.1. The molecule has 0 aliphatic rings. The van der Waals surface area contributed by atoms with Crippen molar-refractivity contribution in [2.24, 2.45) is 0 Å². The van der Waals surface area contributed by atoms with E-state index in [1.165, 1.54) is 17.8 Å². The van der Waals surface area contributed by atoms with Crippen LogP contribution < -0.4 is 4.74 Å². The van der Waals surface area contributed by atoms with Crippen molar-refractivity contribution >= 4 is 17.4 Å². The van der Waals surface area contributed by atoms with Gasteiger partial charge in [0.1, 0.15) is 16.6 Å². The molecule has 0 unspecified atom stereocenters. The van der Waals surface area contributed by atoms with E-state index in [2.05, 4.69) is 15.3 Å². The third-order valence-electron chi connectivity index (χ3n) is 3.63. The topological polar surface area (TPSA) is 52.3 Å². The number of benzene rings is 2. The summed E-state index contributed by atoms with van der Waals surface area (Å²) < 4.78 is 20.8. The van der Waals surface area contributed by atoms with Crippen LogP contribution in [0.5, 0.6) is 5.75 Å². The molecular weight excluding hydrogens is 339 g/mol. The van der Waals surface area contributed by atoms with Crippen molar-refractivity contribution < 1.29 is 9.13 Å². The van der Waals surface area contributed by atoms with Gasteiger partial charge in [0, 0.05) is 4.90 Å². The summed E-state index contributed by atoms with van der Waals surface area (Å²) in [4.78, 5) is 1.02. The van der Waals surface area contributed by atoms with Gasteiger partial charge in [0.2, 0.25) is 0 Å². The largest absolute Gasteiger partial charge is 0.497 e. The van der Waals surface area contributed by atoms with Crippen LogP contribution in [0.4, 0.5) is 4.39 Å². The van der Waals surface area contributed by atoms with Gasteiger partial charge in [-0.1, -0.05) is 23.9 Å². The van der Waals surface area contributed by atoms with Crippen LogP contribution in [0.2, 0.25) is 0 Å². The van der Waals surface area contributed by atoms with Gasteiger partial charge in [-0.15, -0.1) is 10.2 Å². The van der Waals surface area contributed by atoms with E-state index in [-0.39, 0.29) is 5.82 Å². The molecule has 0 atom stereocenters. The zero-order chi connectivity index (χ0) is 17.2. The Kier molecular flexibility index (Phi) is 4.07. The van der Waals surface area contributed by atoms with Crippen molar-refractivity contribution in [2.45, 2.75) is 9.92 Å². The second kappa shape index (κ2) is 6.52. The Balaban J connectivity index is 1.72. The van der Waals surface area contributed by atoms with E-state index in [1.54, 1.807) is 29.8 Å². The standard InChI is InChI=1S/C18H13FN4OS/c1-24-12-6-8-13(9-7-12)25-17-11-10-16-20-21-18(23(16)22-17)14-4-2-3-5-15(14)19/h2-11H,1H3. The van der Waals surface area contributed by atoms with Crippen LogP contribution in [0, 0.1) is 5.82 Å². The molecule has 0 saturated heterocycles. The highest BCUT2D eigenvalue weighted by Gasteiger charge is 2.13. The van der Waals surface area contributed by atoms with Gasteiger partial charge in [0.05, 0.1) is 12.7 Å². The van der Waals surface area contributed by atoms with Gasteiger partial charge in [-0.25, -0.2) is 4.39 Å². The zero-order valence-corrected chi connectivity index (χ0v) is 14.1. The molecule has 2 heterocycles. The Labute approximate surface area is 147 Å². The molecule has 0 fully saturated rings. The Morgan fingerprint density at radius 2 is 1.76 bits per heavy atom. The van der Waals surface area contributed by atoms with Crippen molar-refractivity contribution in [1.29, 1.82) is 0 Å². The first-order valence-electron chi connectivity index (χ1n) is 7.54. The van der Waals surface area contributed by atoms with Gasteiger partial charge in [-0.2, -0.15) is 9.61 Å². The summed E-state index contributed by atoms with van der Waals surface area (Å²) in [6, 6.07) is 17.8. The summed E-state index contributed by atoms with van der Waals surface area (Å²) >= 11 is 1.50. The maximum Gasteiger partial charge on any atom is 0.188 e. The highest BCUT2D eigenvalue weighted by atomic mass is 32.2. The molecule has 0 radical (unpaired) electrons. The fraction of sp³-hybridized carbons (Fsp3) is 0.0556. The number of hydrogen-bond donors (Lipinski definition) is 0. The van der Waals surface area contributed by atoms with Crippen molar-refractivity contribution in [1.82, 2.24) is 19.8 Å². The second-order valence-corrected chi connectivity index (χ2v) is 6.32. The second-order valence-electron chi connectivity index (χ2n) is 5.22. The van der Waals surface area contributed by atoms with E-state index < -0.39 is 0 Å². The molecule has 5 nitrogen and oxygen atoms in total. The average Bonchev–Trinajstić information content (AvgIpc) is 3.06. The molecular formula is C18H13FN4OS. The Morgan fingerprint density at radius 1 is 0.960 bits per heavy atom. The van der Waals surface area contributed by atoms with Crippen LogP contribution in [0.3, 0.4) is 0 Å². The minimum Gasteiger partial charge on any atom is -0.497 e. The number of nitrogens with zero attached hydrogens (tertiary/aromatic N) is 4. The molecule has 7 heteroatoms. The minimum absolute atomic E-state index is 0.355. The predicted molar refractivity (Wildman–Crippen MR) is 93.3 cm³/mol. The summed E-state index contributed by atoms with van der Waals surface area (Å²) in [5, 5.41) is 13.5. The maximum atomic E-state index is 14.1. The summed E-state index contributed by atoms with van der Waals surface area (Å²) in [5.41, 5.74) is 0.937. The third-order valence-corrected chi connectivity index (χ3v) is 4.57. The van der Waals surface area contributed by atoms with Crippen LogP contribution in [-0.4, -0.2) is 26.9 Å². The van der Waals surface area contributed by atoms with E-state index >= 15 is 0 Å². The number of methoxy groups -OCH3 is 1. The number of rotatable bonds is 4. The summed E-state index contributed by atoms with van der Waals surface area (Å²) in [6.45, 7) is 0. The van der Waals surface area contributed by atoms with Crippen LogP contribution in [0.25, 0.3) is 17.0 Å². The smallest absolute Gasteiger partial charge is 0.188 e. The Hall–Kier alpha value is -2.93. The summed E-state index contributed by atoms with van der Waals surface area (Å²) in [6.07, 6.45) is 0. The van der Waals surface area contributed by atoms with Crippen LogP contribution in [0.1, 0.15) is 0 Å². The lowest BCUT2D eigenvalue weighted by Gasteiger charge is -2.05. The monoisotopic (exact) mass is 352 g/mol. The van der Waals surface area contributed by atoms with E-state index in [0.29, 0.717) is 17.0 Å². The highest BCUT2D eigenvalue weighted by molar-refractivity contribution is 7.99. The normalized spacial score (nSPS) is 11.0. The first kappa shape index (κ1) is 15.6. The van der Waals surface area contributed by atoms with Gasteiger partial charge in [0.25, 0.3) is 0 Å². The van der Waals surface area contributed by atoms with Crippen molar-refractivity contribution in [3.63, 3.8) is 0 Å². The van der Waals surface area contributed by atoms with E-state index in [1.807, 2.05) is 36.4 Å². The molecule has 4 aromatic rings. The van der Waals surface area contributed by atoms with Crippen molar-refractivity contribution in [3.05, 3.63) is 66.5 Å². The van der Waals surface area contributed by atoms with E-state index in [9.17, 15) is 4.39 Å². The molecule has 2 aromatic carbocycles. The van der Waals surface area contributed by atoms with Gasteiger partial charge >= 0.3 is 0 Å². The Bertz CT molecular complexity index is 1030. The van der Waals surface area contributed by atoms with Gasteiger partial charge in [0.15, 0.2) is 11.5 Å². The van der Waals surface area contributed by atoms with Crippen LogP contribution >= 0.6 is 11.8 Å². The zero-order valence-electron chi connectivity index (χ0n) is 13.3. The lowest BCUT2D eigenvalue weighted by Crippen LogP contribution is -1.97. The quantitative estimate of drug-likeness (QED) is 0.554. The predicted octanol–water partition coefficient (Wildman–Crippen LogP) is 4.09. The molecule has 0 spiro atoms. The van der Waals surface area contributed by atoms with Gasteiger partial charge in [-0.05, 0) is 48.5 Å². The molecule has 0 bridgehead atoms. The number of halogens is 1. The molecule has 0 aliphatic carbocycles. The molecule has 25 heavy (non-hydrogen) atoms. The first-order chi connectivity index (χ1) is 12.2.